The average molecular weight is 316 g/mol. The van der Waals surface area contributed by atoms with E-state index >= 15 is 0 Å². The molecular weight excluding hydrogens is 306 g/mol. The van der Waals surface area contributed by atoms with Crippen LogP contribution in [-0.2, 0) is 4.79 Å². The first-order valence-corrected chi connectivity index (χ1v) is 5.93. The number of nitrogens with one attached hydrogen (secondary N) is 1. The second-order valence-corrected chi connectivity index (χ2v) is 4.61. The Morgan fingerprint density at radius 3 is 1.95 bits per heavy atom. The number of rotatable bonds is 1. The molecule has 1 saturated heterocycles. The zero-order valence-corrected chi connectivity index (χ0v) is 11.0. The van der Waals surface area contributed by atoms with Crippen LogP contribution in [0.5, 0.6) is 0 Å². The van der Waals surface area contributed by atoms with E-state index < -0.39 is 12.1 Å². The van der Waals surface area contributed by atoms with Gasteiger partial charge in [-0.05, 0) is 17.7 Å². The summed E-state index contributed by atoms with van der Waals surface area (Å²) in [6.45, 7) is 1.98. The van der Waals surface area contributed by atoms with Crippen LogP contribution in [0.2, 0.25) is 10.0 Å². The first-order valence-electron chi connectivity index (χ1n) is 5.18. The highest BCUT2D eigenvalue weighted by molar-refractivity contribution is 6.36. The number of benzene rings is 1. The topological polar surface area (TPSA) is 49.3 Å². The smallest absolute Gasteiger partial charge is 0.475 e. The highest BCUT2D eigenvalue weighted by Gasteiger charge is 2.38. The van der Waals surface area contributed by atoms with Gasteiger partial charge in [0, 0.05) is 29.1 Å². The predicted octanol–water partition coefficient (Wildman–Crippen LogP) is 3.31. The van der Waals surface area contributed by atoms with E-state index in [-0.39, 0.29) is 0 Å². The van der Waals surface area contributed by atoms with Gasteiger partial charge in [-0.1, -0.05) is 29.3 Å². The second-order valence-electron chi connectivity index (χ2n) is 3.79. The molecule has 0 aromatic heterocycles. The lowest BCUT2D eigenvalue weighted by Gasteiger charge is -2.28. The van der Waals surface area contributed by atoms with Gasteiger partial charge in [0.05, 0.1) is 0 Å². The van der Waals surface area contributed by atoms with E-state index in [1.165, 1.54) is 0 Å². The van der Waals surface area contributed by atoms with Gasteiger partial charge in [0.15, 0.2) is 0 Å². The lowest BCUT2D eigenvalue weighted by atomic mass is 9.94. The minimum absolute atomic E-state index is 0.506. The minimum Gasteiger partial charge on any atom is -0.475 e. The number of hydrogen-bond acceptors (Lipinski definition) is 2. The molecule has 3 nitrogen and oxygen atoms in total. The maximum Gasteiger partial charge on any atom is 0.490 e. The van der Waals surface area contributed by atoms with Gasteiger partial charge in [0.2, 0.25) is 0 Å². The SMILES string of the molecule is Clc1cccc(Cl)c1C1CNC1.O=C(O)C(F)(F)F. The Labute approximate surface area is 117 Å². The normalized spacial score (nSPS) is 15.2. The molecule has 1 fully saturated rings. The van der Waals surface area contributed by atoms with E-state index in [4.69, 9.17) is 33.1 Å². The molecule has 1 aromatic rings. The number of hydrogen-bond donors (Lipinski definition) is 2. The highest BCUT2D eigenvalue weighted by atomic mass is 35.5. The summed E-state index contributed by atoms with van der Waals surface area (Å²) in [4.78, 5) is 8.90. The zero-order valence-electron chi connectivity index (χ0n) is 9.47. The molecule has 8 heteroatoms. The molecule has 2 rings (SSSR count). The number of alkyl halides is 3. The maximum atomic E-state index is 10.6. The van der Waals surface area contributed by atoms with Crippen molar-refractivity contribution in [1.82, 2.24) is 5.32 Å². The van der Waals surface area contributed by atoms with Gasteiger partial charge in [-0.15, -0.1) is 0 Å². The van der Waals surface area contributed by atoms with Gasteiger partial charge >= 0.3 is 12.1 Å². The molecule has 0 atom stereocenters. The van der Waals surface area contributed by atoms with E-state index in [0.29, 0.717) is 5.92 Å². The van der Waals surface area contributed by atoms with Crippen LogP contribution in [0.15, 0.2) is 18.2 Å². The summed E-state index contributed by atoms with van der Waals surface area (Å²) < 4.78 is 31.7. The van der Waals surface area contributed by atoms with Crippen molar-refractivity contribution in [3.05, 3.63) is 33.8 Å². The van der Waals surface area contributed by atoms with Crippen molar-refractivity contribution in [2.45, 2.75) is 12.1 Å². The van der Waals surface area contributed by atoms with Crippen LogP contribution in [0.3, 0.4) is 0 Å². The maximum absolute atomic E-state index is 10.6. The van der Waals surface area contributed by atoms with Crippen LogP contribution in [0, 0.1) is 0 Å². The van der Waals surface area contributed by atoms with E-state index in [0.717, 1.165) is 28.7 Å². The third-order valence-electron chi connectivity index (χ3n) is 2.43. The summed E-state index contributed by atoms with van der Waals surface area (Å²) >= 11 is 12.0. The Morgan fingerprint density at radius 1 is 1.26 bits per heavy atom. The number of aliphatic carboxylic acids is 1. The Hall–Kier alpha value is -0.980. The zero-order chi connectivity index (χ0) is 14.6. The first kappa shape index (κ1) is 16.1. The fourth-order valence-electron chi connectivity index (χ4n) is 1.39. The summed E-state index contributed by atoms with van der Waals surface area (Å²) in [6.07, 6.45) is -5.08. The number of carbonyl (C=O) groups is 1. The summed E-state index contributed by atoms with van der Waals surface area (Å²) in [5, 5.41) is 11.9. The third kappa shape index (κ3) is 4.56. The summed E-state index contributed by atoms with van der Waals surface area (Å²) in [5.41, 5.74) is 1.10. The van der Waals surface area contributed by atoms with Crippen molar-refractivity contribution in [3.63, 3.8) is 0 Å². The van der Waals surface area contributed by atoms with E-state index in [9.17, 15) is 13.2 Å². The third-order valence-corrected chi connectivity index (χ3v) is 3.09. The summed E-state index contributed by atoms with van der Waals surface area (Å²) in [6, 6.07) is 5.66. The van der Waals surface area contributed by atoms with Gasteiger partial charge in [-0.2, -0.15) is 13.2 Å². The van der Waals surface area contributed by atoms with Crippen molar-refractivity contribution in [3.8, 4) is 0 Å². The predicted molar refractivity (Wildman–Crippen MR) is 65.8 cm³/mol. The van der Waals surface area contributed by atoms with Gasteiger partial charge < -0.3 is 10.4 Å². The monoisotopic (exact) mass is 315 g/mol. The first-order chi connectivity index (χ1) is 8.73. The van der Waals surface area contributed by atoms with Crippen LogP contribution < -0.4 is 5.32 Å². The number of halogens is 5. The van der Waals surface area contributed by atoms with Crippen LogP contribution in [0.25, 0.3) is 0 Å². The Kier molecular flexibility index (Phi) is 5.46. The van der Waals surface area contributed by atoms with Crippen LogP contribution in [-0.4, -0.2) is 30.3 Å². The van der Waals surface area contributed by atoms with Crippen LogP contribution in [0.4, 0.5) is 13.2 Å². The van der Waals surface area contributed by atoms with Crippen LogP contribution >= 0.6 is 23.2 Å². The molecule has 0 amide bonds. The van der Waals surface area contributed by atoms with E-state index in [1.54, 1.807) is 0 Å². The molecule has 19 heavy (non-hydrogen) atoms. The van der Waals surface area contributed by atoms with E-state index in [1.807, 2.05) is 18.2 Å². The molecule has 0 aliphatic carbocycles. The second kappa shape index (κ2) is 6.45. The van der Waals surface area contributed by atoms with Crippen LogP contribution in [0.1, 0.15) is 11.5 Å². The summed E-state index contributed by atoms with van der Waals surface area (Å²) in [5.74, 6) is -2.25. The Balaban J connectivity index is 0.000000224. The quantitative estimate of drug-likeness (QED) is 0.836. The molecule has 1 heterocycles. The van der Waals surface area contributed by atoms with Crippen molar-refractivity contribution in [1.29, 1.82) is 0 Å². The fourth-order valence-corrected chi connectivity index (χ4v) is 2.10. The molecule has 1 aliphatic heterocycles. The van der Waals surface area contributed by atoms with Gasteiger partial charge in [0.25, 0.3) is 0 Å². The van der Waals surface area contributed by atoms with Crippen molar-refractivity contribution in [2.24, 2.45) is 0 Å². The molecular formula is C11H10Cl2F3NO2. The van der Waals surface area contributed by atoms with Gasteiger partial charge in [-0.25, -0.2) is 4.79 Å². The highest BCUT2D eigenvalue weighted by Crippen LogP contribution is 2.33. The fraction of sp³-hybridized carbons (Fsp3) is 0.364. The Morgan fingerprint density at radius 2 is 1.68 bits per heavy atom. The molecule has 0 unspecified atom stereocenters. The molecule has 0 spiro atoms. The van der Waals surface area contributed by atoms with Crippen molar-refractivity contribution in [2.75, 3.05) is 13.1 Å². The molecule has 1 aromatic carbocycles. The van der Waals surface area contributed by atoms with Crippen molar-refractivity contribution < 1.29 is 23.1 Å². The molecule has 0 saturated carbocycles. The van der Waals surface area contributed by atoms with E-state index in [2.05, 4.69) is 5.32 Å². The minimum atomic E-state index is -5.08. The molecule has 1 aliphatic rings. The summed E-state index contributed by atoms with van der Waals surface area (Å²) in [7, 11) is 0. The average Bonchev–Trinajstić information content (AvgIpc) is 2.20. The molecule has 0 radical (unpaired) electrons. The lowest BCUT2D eigenvalue weighted by Crippen LogP contribution is -2.40. The lowest BCUT2D eigenvalue weighted by molar-refractivity contribution is -0.192. The Bertz CT molecular complexity index is 441. The molecule has 2 N–H and O–H groups in total. The molecule has 106 valence electrons. The van der Waals surface area contributed by atoms with Crippen molar-refractivity contribution >= 4 is 29.2 Å². The number of carboxylic acid groups (broad SMARTS) is 1. The molecule has 0 bridgehead atoms. The number of carboxylic acids is 1. The van der Waals surface area contributed by atoms with Gasteiger partial charge in [-0.3, -0.25) is 0 Å². The van der Waals surface area contributed by atoms with Gasteiger partial charge in [0.1, 0.15) is 0 Å². The largest absolute Gasteiger partial charge is 0.490 e. The standard InChI is InChI=1S/C9H9Cl2N.C2HF3O2/c10-7-2-1-3-8(11)9(7)6-4-12-5-6;3-2(4,5)1(6)7/h1-3,6,12H,4-5H2;(H,6,7).